The smallest absolute Gasteiger partial charge is 0.317 e. The van der Waals surface area contributed by atoms with E-state index in [1.165, 1.54) is 0 Å². The number of ether oxygens (including phenoxy) is 2. The zero-order chi connectivity index (χ0) is 16.5. The molecular formula is C16H21N5O3. The molecule has 3 unspecified atom stereocenters. The topological polar surface area (TPSA) is 98.7 Å². The van der Waals surface area contributed by atoms with Crippen LogP contribution in [0.1, 0.15) is 19.8 Å². The van der Waals surface area contributed by atoms with E-state index in [9.17, 15) is 0 Å². The number of piperidine rings is 1. The van der Waals surface area contributed by atoms with Crippen LogP contribution in [0.4, 0.5) is 12.0 Å². The summed E-state index contributed by atoms with van der Waals surface area (Å²) < 4.78 is 17.1. The third-order valence-electron chi connectivity index (χ3n) is 4.56. The third-order valence-corrected chi connectivity index (χ3v) is 4.56. The predicted molar refractivity (Wildman–Crippen MR) is 87.9 cm³/mol. The minimum absolute atomic E-state index is 0.0603. The zero-order valence-electron chi connectivity index (χ0n) is 13.5. The molecule has 1 aromatic carbocycles. The third kappa shape index (κ3) is 2.96. The average Bonchev–Trinajstić information content (AvgIpc) is 2.99. The minimum atomic E-state index is -0.0603. The second-order valence-electron chi connectivity index (χ2n) is 6.23. The van der Waals surface area contributed by atoms with E-state index in [2.05, 4.69) is 27.3 Å². The molecule has 0 radical (unpaired) electrons. The SMILES string of the molecule is CC1CC(Nc2nnc(N)o2)CCN1C1COc2ccccc2O1. The summed E-state index contributed by atoms with van der Waals surface area (Å²) in [6.45, 7) is 3.64. The van der Waals surface area contributed by atoms with Crippen molar-refractivity contribution in [2.24, 2.45) is 0 Å². The van der Waals surface area contributed by atoms with Gasteiger partial charge in [0.1, 0.15) is 6.61 Å². The van der Waals surface area contributed by atoms with Crippen LogP contribution in [-0.2, 0) is 0 Å². The Morgan fingerprint density at radius 2 is 2.08 bits per heavy atom. The Labute approximate surface area is 139 Å². The van der Waals surface area contributed by atoms with Crippen molar-refractivity contribution in [2.75, 3.05) is 24.2 Å². The van der Waals surface area contributed by atoms with Crippen LogP contribution in [0.25, 0.3) is 0 Å². The van der Waals surface area contributed by atoms with Gasteiger partial charge < -0.3 is 24.9 Å². The Morgan fingerprint density at radius 3 is 2.83 bits per heavy atom. The summed E-state index contributed by atoms with van der Waals surface area (Å²) >= 11 is 0. The lowest BCUT2D eigenvalue weighted by atomic mass is 9.98. The molecule has 4 rings (SSSR count). The van der Waals surface area contributed by atoms with Crippen LogP contribution in [0.2, 0.25) is 0 Å². The van der Waals surface area contributed by atoms with Crippen molar-refractivity contribution >= 4 is 12.0 Å². The van der Waals surface area contributed by atoms with Crippen LogP contribution in [0.5, 0.6) is 11.5 Å². The first-order valence-corrected chi connectivity index (χ1v) is 8.19. The Morgan fingerprint density at radius 1 is 1.25 bits per heavy atom. The van der Waals surface area contributed by atoms with Gasteiger partial charge in [-0.25, -0.2) is 0 Å². The fraction of sp³-hybridized carbons (Fsp3) is 0.500. The number of benzene rings is 1. The molecule has 0 amide bonds. The maximum Gasteiger partial charge on any atom is 0.317 e. The molecule has 0 saturated carbocycles. The lowest BCUT2D eigenvalue weighted by Crippen LogP contribution is -2.54. The number of para-hydroxylation sites is 2. The Balaban J connectivity index is 1.37. The first kappa shape index (κ1) is 15.1. The first-order chi connectivity index (χ1) is 11.7. The standard InChI is InChI=1S/C16H21N5O3/c1-10-8-11(18-16-20-19-15(17)24-16)6-7-21(10)14-9-22-12-4-2-3-5-13(12)23-14/h2-5,10-11,14H,6-9H2,1H3,(H2,17,19)(H,18,20). The highest BCUT2D eigenvalue weighted by molar-refractivity contribution is 5.40. The van der Waals surface area contributed by atoms with Crippen molar-refractivity contribution in [3.63, 3.8) is 0 Å². The maximum absolute atomic E-state index is 6.12. The number of aromatic nitrogens is 2. The van der Waals surface area contributed by atoms with Gasteiger partial charge in [0, 0.05) is 18.6 Å². The molecule has 1 saturated heterocycles. The Hall–Kier alpha value is -2.48. The van der Waals surface area contributed by atoms with Crippen molar-refractivity contribution in [1.82, 2.24) is 15.1 Å². The van der Waals surface area contributed by atoms with E-state index < -0.39 is 0 Å². The van der Waals surface area contributed by atoms with Gasteiger partial charge in [0.15, 0.2) is 17.7 Å². The van der Waals surface area contributed by atoms with Crippen LogP contribution in [0.3, 0.4) is 0 Å². The molecule has 24 heavy (non-hydrogen) atoms. The van der Waals surface area contributed by atoms with Gasteiger partial charge >= 0.3 is 12.0 Å². The van der Waals surface area contributed by atoms with Crippen LogP contribution < -0.4 is 20.5 Å². The van der Waals surface area contributed by atoms with Crippen molar-refractivity contribution in [3.05, 3.63) is 24.3 Å². The Kier molecular flexibility index (Phi) is 3.89. The van der Waals surface area contributed by atoms with E-state index >= 15 is 0 Å². The van der Waals surface area contributed by atoms with Gasteiger partial charge in [-0.3, -0.25) is 4.90 Å². The molecule has 3 atom stereocenters. The number of rotatable bonds is 3. The van der Waals surface area contributed by atoms with Crippen molar-refractivity contribution < 1.29 is 13.9 Å². The van der Waals surface area contributed by atoms with E-state index in [1.54, 1.807) is 0 Å². The number of anilines is 2. The summed E-state index contributed by atoms with van der Waals surface area (Å²) in [4.78, 5) is 2.34. The summed E-state index contributed by atoms with van der Waals surface area (Å²) in [6, 6.07) is 8.86. The number of likely N-dealkylation sites (tertiary alicyclic amines) is 1. The van der Waals surface area contributed by atoms with E-state index in [0.717, 1.165) is 30.9 Å². The summed E-state index contributed by atoms with van der Waals surface area (Å²) in [5, 5.41) is 10.8. The fourth-order valence-corrected chi connectivity index (χ4v) is 3.39. The number of nitrogens with zero attached hydrogens (tertiary/aromatic N) is 3. The largest absolute Gasteiger partial charge is 0.484 e. The van der Waals surface area contributed by atoms with Gasteiger partial charge in [0.25, 0.3) is 0 Å². The molecule has 0 aliphatic carbocycles. The molecule has 0 bridgehead atoms. The van der Waals surface area contributed by atoms with Gasteiger partial charge in [-0.05, 0) is 31.9 Å². The second-order valence-corrected chi connectivity index (χ2v) is 6.23. The van der Waals surface area contributed by atoms with Crippen molar-refractivity contribution in [2.45, 2.75) is 38.1 Å². The van der Waals surface area contributed by atoms with Gasteiger partial charge in [0.05, 0.1) is 0 Å². The summed E-state index contributed by atoms with van der Waals surface area (Å²) in [6.07, 6.45) is 1.84. The van der Waals surface area contributed by atoms with Crippen LogP contribution in [0, 0.1) is 0 Å². The normalized spacial score (nSPS) is 27.0. The number of nitrogens with one attached hydrogen (secondary N) is 1. The molecule has 128 valence electrons. The summed E-state index contributed by atoms with van der Waals surface area (Å²) in [5.74, 6) is 1.62. The lowest BCUT2D eigenvalue weighted by Gasteiger charge is -2.43. The monoisotopic (exact) mass is 331 g/mol. The average molecular weight is 331 g/mol. The molecule has 0 spiro atoms. The fourth-order valence-electron chi connectivity index (χ4n) is 3.39. The molecule has 2 aromatic rings. The minimum Gasteiger partial charge on any atom is -0.484 e. The molecule has 2 aliphatic rings. The predicted octanol–water partition coefficient (Wildman–Crippen LogP) is 1.71. The molecule has 1 aromatic heterocycles. The quantitative estimate of drug-likeness (QED) is 0.877. The van der Waals surface area contributed by atoms with E-state index in [4.69, 9.17) is 19.6 Å². The lowest BCUT2D eigenvalue weighted by molar-refractivity contribution is -0.0604. The molecule has 2 aliphatic heterocycles. The van der Waals surface area contributed by atoms with Gasteiger partial charge in [-0.1, -0.05) is 22.3 Å². The molecule has 8 nitrogen and oxygen atoms in total. The zero-order valence-corrected chi connectivity index (χ0v) is 13.5. The molecular weight excluding hydrogens is 310 g/mol. The highest BCUT2D eigenvalue weighted by atomic mass is 16.6. The molecule has 1 fully saturated rings. The van der Waals surface area contributed by atoms with Crippen molar-refractivity contribution in [1.29, 1.82) is 0 Å². The summed E-state index contributed by atoms with van der Waals surface area (Å²) in [5.41, 5.74) is 5.45. The number of hydrogen-bond acceptors (Lipinski definition) is 8. The summed E-state index contributed by atoms with van der Waals surface area (Å²) in [7, 11) is 0. The van der Waals surface area contributed by atoms with Crippen LogP contribution >= 0.6 is 0 Å². The van der Waals surface area contributed by atoms with Crippen molar-refractivity contribution in [3.8, 4) is 11.5 Å². The highest BCUT2D eigenvalue weighted by Crippen LogP contribution is 2.33. The van der Waals surface area contributed by atoms with Crippen LogP contribution in [-0.4, -0.2) is 46.6 Å². The van der Waals surface area contributed by atoms with Gasteiger partial charge in [-0.15, -0.1) is 0 Å². The molecule has 8 heteroatoms. The first-order valence-electron chi connectivity index (χ1n) is 8.19. The number of nitrogens with two attached hydrogens (primary N) is 1. The van der Waals surface area contributed by atoms with Crippen LogP contribution in [0.15, 0.2) is 28.7 Å². The highest BCUT2D eigenvalue weighted by Gasteiger charge is 2.34. The second kappa shape index (κ2) is 6.20. The number of nitrogen functional groups attached to an aromatic ring is 1. The molecule has 3 N–H and O–H groups in total. The van der Waals surface area contributed by atoms with E-state index in [1.807, 2.05) is 24.3 Å². The number of fused-ring (bicyclic) bond motifs is 1. The van der Waals surface area contributed by atoms with Gasteiger partial charge in [-0.2, -0.15) is 0 Å². The maximum atomic E-state index is 6.12. The van der Waals surface area contributed by atoms with E-state index in [0.29, 0.717) is 18.7 Å². The Bertz CT molecular complexity index is 707. The van der Waals surface area contributed by atoms with E-state index in [-0.39, 0.29) is 18.3 Å². The van der Waals surface area contributed by atoms with Gasteiger partial charge in [0.2, 0.25) is 0 Å². The number of hydrogen-bond donors (Lipinski definition) is 2. The molecule has 3 heterocycles.